The Morgan fingerprint density at radius 3 is 2.31 bits per heavy atom. The van der Waals surface area contributed by atoms with E-state index in [1.807, 2.05) is 0 Å². The fourth-order valence-corrected chi connectivity index (χ4v) is 6.47. The molecule has 5 nitrogen and oxygen atoms in total. The summed E-state index contributed by atoms with van der Waals surface area (Å²) in [5.41, 5.74) is -2.97. The van der Waals surface area contributed by atoms with Crippen molar-refractivity contribution in [1.29, 1.82) is 0 Å². The van der Waals surface area contributed by atoms with Crippen LogP contribution in [0.2, 0.25) is 5.02 Å². The van der Waals surface area contributed by atoms with E-state index < -0.39 is 44.9 Å². The Bertz CT molecular complexity index is 1470. The standard InChI is InChI=1S/C25H21ClF6N2O3S2/c1-23(9-10-33-14-23)37-21-12-16(5-7-19(21)25(30,31)32)34-39(35,36)22-8-6-18(13-20(22)26)38-17-4-2-3-15(11-17)24(27,28)29/h2-8,11-13,33-34H,9-10,14H2,1H3/t23-/m1/s1. The number of nitrogens with one attached hydrogen (secondary N) is 2. The quantitative estimate of drug-likeness (QED) is 0.272. The van der Waals surface area contributed by atoms with Crippen LogP contribution in [-0.4, -0.2) is 27.1 Å². The molecule has 0 spiro atoms. The lowest BCUT2D eigenvalue weighted by molar-refractivity contribution is -0.140. The highest BCUT2D eigenvalue weighted by molar-refractivity contribution is 7.99. The Kier molecular flexibility index (Phi) is 8.10. The van der Waals surface area contributed by atoms with Gasteiger partial charge < -0.3 is 10.1 Å². The molecular weight excluding hydrogens is 590 g/mol. The van der Waals surface area contributed by atoms with Gasteiger partial charge in [0.05, 0.1) is 21.8 Å². The largest absolute Gasteiger partial charge is 0.485 e. The number of alkyl halides is 6. The first-order chi connectivity index (χ1) is 18.1. The van der Waals surface area contributed by atoms with Crippen LogP contribution in [0.1, 0.15) is 24.5 Å². The summed E-state index contributed by atoms with van der Waals surface area (Å²) >= 11 is 7.15. The molecule has 14 heteroatoms. The number of anilines is 1. The molecule has 3 aromatic rings. The van der Waals surface area contributed by atoms with E-state index in [1.54, 1.807) is 6.92 Å². The Morgan fingerprint density at radius 2 is 1.69 bits per heavy atom. The van der Waals surface area contributed by atoms with E-state index in [0.717, 1.165) is 48.2 Å². The van der Waals surface area contributed by atoms with E-state index in [9.17, 15) is 34.8 Å². The summed E-state index contributed by atoms with van der Waals surface area (Å²) < 4.78 is 114. The Labute approximate surface area is 229 Å². The van der Waals surface area contributed by atoms with Crippen molar-refractivity contribution >= 4 is 39.1 Å². The number of halogens is 7. The number of sulfonamides is 1. The average molecular weight is 611 g/mol. The molecule has 0 aromatic heterocycles. The van der Waals surface area contributed by atoms with Crippen LogP contribution in [-0.2, 0) is 22.4 Å². The lowest BCUT2D eigenvalue weighted by Gasteiger charge is -2.27. The lowest BCUT2D eigenvalue weighted by atomic mass is 10.1. The van der Waals surface area contributed by atoms with Gasteiger partial charge in [-0.25, -0.2) is 8.42 Å². The molecule has 0 unspecified atom stereocenters. The number of rotatable bonds is 7. The van der Waals surface area contributed by atoms with Gasteiger partial charge in [-0.3, -0.25) is 4.72 Å². The fourth-order valence-electron chi connectivity index (χ4n) is 3.90. The zero-order valence-corrected chi connectivity index (χ0v) is 22.5. The van der Waals surface area contributed by atoms with Crippen LogP contribution < -0.4 is 14.8 Å². The van der Waals surface area contributed by atoms with Crippen molar-refractivity contribution in [2.75, 3.05) is 17.8 Å². The maximum atomic E-state index is 13.6. The summed E-state index contributed by atoms with van der Waals surface area (Å²) in [6.45, 7) is 2.54. The van der Waals surface area contributed by atoms with Gasteiger partial charge in [0.15, 0.2) is 0 Å². The number of hydrogen-bond acceptors (Lipinski definition) is 5. The molecule has 0 aliphatic carbocycles. The first-order valence-corrected chi connectivity index (χ1v) is 14.0. The van der Waals surface area contributed by atoms with Crippen LogP contribution in [0.15, 0.2) is 75.4 Å². The predicted octanol–water partition coefficient (Wildman–Crippen LogP) is 7.46. The van der Waals surface area contributed by atoms with Gasteiger partial charge in [0, 0.05) is 28.8 Å². The fraction of sp³-hybridized carbons (Fsp3) is 0.280. The van der Waals surface area contributed by atoms with Crippen LogP contribution in [0.4, 0.5) is 32.0 Å². The maximum absolute atomic E-state index is 13.6. The molecule has 1 atom stereocenters. The molecule has 1 heterocycles. The second-order valence-electron chi connectivity index (χ2n) is 9.01. The first kappa shape index (κ1) is 29.4. The van der Waals surface area contributed by atoms with Crippen molar-refractivity contribution < 1.29 is 39.5 Å². The Morgan fingerprint density at radius 1 is 0.974 bits per heavy atom. The lowest BCUT2D eigenvalue weighted by Crippen LogP contribution is -2.35. The smallest absolute Gasteiger partial charge is 0.419 e. The molecule has 2 N–H and O–H groups in total. The minimum atomic E-state index is -4.73. The van der Waals surface area contributed by atoms with Crippen LogP contribution in [0.5, 0.6) is 5.75 Å². The van der Waals surface area contributed by atoms with Gasteiger partial charge in [-0.15, -0.1) is 0 Å². The van der Waals surface area contributed by atoms with Gasteiger partial charge in [-0.2, -0.15) is 26.3 Å². The van der Waals surface area contributed by atoms with Gasteiger partial charge >= 0.3 is 12.4 Å². The van der Waals surface area contributed by atoms with E-state index >= 15 is 0 Å². The zero-order valence-electron chi connectivity index (χ0n) is 20.1. The summed E-state index contributed by atoms with van der Waals surface area (Å²) in [7, 11) is -4.36. The van der Waals surface area contributed by atoms with Gasteiger partial charge in [0.2, 0.25) is 0 Å². The topological polar surface area (TPSA) is 67.4 Å². The zero-order chi connectivity index (χ0) is 28.6. The SMILES string of the molecule is C[C@@]1(Oc2cc(NS(=O)(=O)c3ccc(Sc4cccc(C(F)(F)F)c4)cc3Cl)ccc2C(F)(F)F)CCNC1. The summed E-state index contributed by atoms with van der Waals surface area (Å²) in [6.07, 6.45) is -8.79. The highest BCUT2D eigenvalue weighted by Gasteiger charge is 2.38. The molecule has 1 aliphatic rings. The van der Waals surface area contributed by atoms with Crippen LogP contribution in [0.25, 0.3) is 0 Å². The highest BCUT2D eigenvalue weighted by atomic mass is 35.5. The monoisotopic (exact) mass is 610 g/mol. The van der Waals surface area contributed by atoms with Gasteiger partial charge in [-0.1, -0.05) is 29.4 Å². The van der Waals surface area contributed by atoms with Crippen molar-refractivity contribution in [3.63, 3.8) is 0 Å². The minimum absolute atomic E-state index is 0.175. The first-order valence-electron chi connectivity index (χ1n) is 11.3. The van der Waals surface area contributed by atoms with Crippen LogP contribution in [0, 0.1) is 0 Å². The number of ether oxygens (including phenoxy) is 1. The van der Waals surface area contributed by atoms with E-state index in [4.69, 9.17) is 16.3 Å². The number of hydrogen-bond donors (Lipinski definition) is 2. The van der Waals surface area contributed by atoms with Crippen LogP contribution in [0.3, 0.4) is 0 Å². The number of benzene rings is 3. The molecule has 0 radical (unpaired) electrons. The van der Waals surface area contributed by atoms with Crippen molar-refractivity contribution in [3.05, 3.63) is 76.8 Å². The highest BCUT2D eigenvalue weighted by Crippen LogP contribution is 2.41. The van der Waals surface area contributed by atoms with Crippen molar-refractivity contribution in [2.45, 2.75) is 46.0 Å². The van der Waals surface area contributed by atoms with E-state index in [0.29, 0.717) is 24.4 Å². The maximum Gasteiger partial charge on any atom is 0.419 e. The third kappa shape index (κ3) is 7.13. The minimum Gasteiger partial charge on any atom is -0.485 e. The van der Waals surface area contributed by atoms with Crippen molar-refractivity contribution in [1.82, 2.24) is 5.32 Å². The van der Waals surface area contributed by atoms with Crippen molar-refractivity contribution in [3.8, 4) is 5.75 Å². The third-order valence-corrected chi connectivity index (χ3v) is 8.66. The molecular formula is C25H21ClF6N2O3S2. The van der Waals surface area contributed by atoms with Gasteiger partial charge in [0.25, 0.3) is 10.0 Å². The predicted molar refractivity (Wildman–Crippen MR) is 136 cm³/mol. The molecule has 1 saturated heterocycles. The van der Waals surface area contributed by atoms with E-state index in [2.05, 4.69) is 10.0 Å². The molecule has 0 saturated carbocycles. The van der Waals surface area contributed by atoms with E-state index in [1.165, 1.54) is 24.3 Å². The van der Waals surface area contributed by atoms with Crippen molar-refractivity contribution in [2.24, 2.45) is 0 Å². The summed E-state index contributed by atoms with van der Waals surface area (Å²) in [5.74, 6) is -0.521. The Hall–Kier alpha value is -2.61. The molecule has 210 valence electrons. The Balaban J connectivity index is 1.57. The summed E-state index contributed by atoms with van der Waals surface area (Å²) in [6, 6.07) is 11.1. The normalized spacial score (nSPS) is 18.3. The second kappa shape index (κ2) is 10.8. The summed E-state index contributed by atoms with van der Waals surface area (Å²) in [4.78, 5) is 0.270. The average Bonchev–Trinajstić information content (AvgIpc) is 3.23. The van der Waals surface area contributed by atoms with E-state index in [-0.39, 0.29) is 20.5 Å². The molecule has 39 heavy (non-hydrogen) atoms. The molecule has 1 fully saturated rings. The van der Waals surface area contributed by atoms with Gasteiger partial charge in [-0.05, 0) is 62.0 Å². The molecule has 3 aromatic carbocycles. The third-order valence-electron chi connectivity index (χ3n) is 5.82. The molecule has 0 bridgehead atoms. The second-order valence-corrected chi connectivity index (χ2v) is 12.2. The molecule has 4 rings (SSSR count). The molecule has 0 amide bonds. The van der Waals surface area contributed by atoms with Crippen LogP contribution >= 0.6 is 23.4 Å². The summed E-state index contributed by atoms with van der Waals surface area (Å²) in [5, 5.41) is 2.79. The molecule has 1 aliphatic heterocycles. The van der Waals surface area contributed by atoms with Gasteiger partial charge in [0.1, 0.15) is 16.2 Å².